The van der Waals surface area contributed by atoms with Gasteiger partial charge < -0.3 is 14.7 Å². The Labute approximate surface area is 106 Å². The molecule has 0 radical (unpaired) electrons. The standard InChI is InChI=1S/C15H15NO2/c17-11-14-15(18-14)16(12-7-3-1-4-8-12)13-9-5-2-6-10-13/h1-10,14-15,17H,11H2. The fourth-order valence-electron chi connectivity index (χ4n) is 2.11. The van der Waals surface area contributed by atoms with Gasteiger partial charge in [-0.1, -0.05) is 36.4 Å². The number of hydrogen-bond donors (Lipinski definition) is 1. The molecular weight excluding hydrogens is 226 g/mol. The van der Waals surface area contributed by atoms with Crippen molar-refractivity contribution in [2.45, 2.75) is 12.3 Å². The largest absolute Gasteiger partial charge is 0.393 e. The van der Waals surface area contributed by atoms with E-state index in [1.54, 1.807) is 0 Å². The van der Waals surface area contributed by atoms with E-state index in [1.165, 1.54) is 0 Å². The van der Waals surface area contributed by atoms with Gasteiger partial charge in [0, 0.05) is 11.4 Å². The van der Waals surface area contributed by atoms with E-state index in [2.05, 4.69) is 4.90 Å². The number of hydrogen-bond acceptors (Lipinski definition) is 3. The molecule has 1 heterocycles. The van der Waals surface area contributed by atoms with Gasteiger partial charge in [0.1, 0.15) is 6.10 Å². The first kappa shape index (κ1) is 11.3. The van der Waals surface area contributed by atoms with Gasteiger partial charge in [-0.25, -0.2) is 0 Å². The van der Waals surface area contributed by atoms with Crippen LogP contribution in [0, 0.1) is 0 Å². The first-order valence-corrected chi connectivity index (χ1v) is 6.06. The van der Waals surface area contributed by atoms with Crippen LogP contribution >= 0.6 is 0 Å². The summed E-state index contributed by atoms with van der Waals surface area (Å²) in [6.07, 6.45) is -0.162. The molecule has 1 fully saturated rings. The summed E-state index contributed by atoms with van der Waals surface area (Å²) in [6, 6.07) is 20.2. The molecule has 0 spiro atoms. The maximum atomic E-state index is 9.17. The van der Waals surface area contributed by atoms with Crippen LogP contribution in [-0.4, -0.2) is 24.0 Å². The highest BCUT2D eigenvalue weighted by Crippen LogP contribution is 2.36. The zero-order valence-corrected chi connectivity index (χ0v) is 9.94. The van der Waals surface area contributed by atoms with E-state index >= 15 is 0 Å². The predicted molar refractivity (Wildman–Crippen MR) is 70.8 cm³/mol. The lowest BCUT2D eigenvalue weighted by atomic mass is 10.2. The van der Waals surface area contributed by atoms with Crippen LogP contribution in [0.5, 0.6) is 0 Å². The van der Waals surface area contributed by atoms with Crippen LogP contribution < -0.4 is 4.90 Å². The quantitative estimate of drug-likeness (QED) is 0.836. The molecule has 1 aliphatic heterocycles. The number of anilines is 2. The molecule has 3 heteroatoms. The average Bonchev–Trinajstić information content (AvgIpc) is 3.21. The molecule has 3 nitrogen and oxygen atoms in total. The van der Waals surface area contributed by atoms with Gasteiger partial charge in [0.05, 0.1) is 6.61 Å². The van der Waals surface area contributed by atoms with Gasteiger partial charge in [-0.05, 0) is 24.3 Å². The molecule has 0 bridgehead atoms. The minimum atomic E-state index is -0.0922. The van der Waals surface area contributed by atoms with Gasteiger partial charge in [0.15, 0.2) is 6.23 Å². The summed E-state index contributed by atoms with van der Waals surface area (Å²) < 4.78 is 5.51. The summed E-state index contributed by atoms with van der Waals surface area (Å²) in [5.41, 5.74) is 2.15. The summed E-state index contributed by atoms with van der Waals surface area (Å²) in [4.78, 5) is 2.11. The summed E-state index contributed by atoms with van der Waals surface area (Å²) in [5, 5.41) is 9.17. The molecule has 1 aliphatic rings. The molecule has 18 heavy (non-hydrogen) atoms. The van der Waals surface area contributed by atoms with Crippen molar-refractivity contribution in [1.82, 2.24) is 0 Å². The first-order valence-electron chi connectivity index (χ1n) is 6.06. The highest BCUT2D eigenvalue weighted by molar-refractivity contribution is 5.64. The molecule has 1 saturated heterocycles. The smallest absolute Gasteiger partial charge is 0.163 e. The van der Waals surface area contributed by atoms with Crippen LogP contribution in [0.25, 0.3) is 0 Å². The Morgan fingerprint density at radius 1 is 0.889 bits per heavy atom. The third-order valence-corrected chi connectivity index (χ3v) is 3.06. The van der Waals surface area contributed by atoms with Gasteiger partial charge in [-0.2, -0.15) is 0 Å². The Hall–Kier alpha value is -1.84. The SMILES string of the molecule is OCC1OC1N(c1ccccc1)c1ccccc1. The van der Waals surface area contributed by atoms with Gasteiger partial charge in [0.2, 0.25) is 0 Å². The van der Waals surface area contributed by atoms with Crippen molar-refractivity contribution >= 4 is 11.4 Å². The normalized spacial score (nSPS) is 21.6. The average molecular weight is 241 g/mol. The van der Waals surface area contributed by atoms with Gasteiger partial charge in [-0.3, -0.25) is 0 Å². The number of ether oxygens (including phenoxy) is 1. The van der Waals surface area contributed by atoms with Gasteiger partial charge in [-0.15, -0.1) is 0 Å². The van der Waals surface area contributed by atoms with Crippen molar-refractivity contribution < 1.29 is 9.84 Å². The Balaban J connectivity index is 1.95. The Kier molecular flexibility index (Phi) is 3.00. The van der Waals surface area contributed by atoms with Gasteiger partial charge >= 0.3 is 0 Å². The number of para-hydroxylation sites is 2. The van der Waals surface area contributed by atoms with E-state index in [0.717, 1.165) is 11.4 Å². The summed E-state index contributed by atoms with van der Waals surface area (Å²) in [5.74, 6) is 0. The predicted octanol–water partition coefficient (Wildman–Crippen LogP) is 2.54. The van der Waals surface area contributed by atoms with Crippen molar-refractivity contribution in [1.29, 1.82) is 0 Å². The molecule has 0 aliphatic carbocycles. The number of nitrogens with zero attached hydrogens (tertiary/aromatic N) is 1. The number of benzene rings is 2. The molecule has 0 aromatic heterocycles. The lowest BCUT2D eigenvalue weighted by Gasteiger charge is -2.23. The lowest BCUT2D eigenvalue weighted by Crippen LogP contribution is -2.23. The first-order chi connectivity index (χ1) is 8.90. The van der Waals surface area contributed by atoms with Crippen LogP contribution in [0.3, 0.4) is 0 Å². The summed E-state index contributed by atoms with van der Waals surface area (Å²) >= 11 is 0. The van der Waals surface area contributed by atoms with Crippen LogP contribution in [-0.2, 0) is 4.74 Å². The van der Waals surface area contributed by atoms with Crippen molar-refractivity contribution in [3.8, 4) is 0 Å². The van der Waals surface area contributed by atoms with Crippen LogP contribution in [0.15, 0.2) is 60.7 Å². The van der Waals surface area contributed by atoms with Crippen LogP contribution in [0.2, 0.25) is 0 Å². The van der Waals surface area contributed by atoms with E-state index in [9.17, 15) is 0 Å². The molecule has 2 atom stereocenters. The maximum absolute atomic E-state index is 9.17. The Morgan fingerprint density at radius 3 is 1.78 bits per heavy atom. The minimum Gasteiger partial charge on any atom is -0.393 e. The van der Waals surface area contributed by atoms with Gasteiger partial charge in [0.25, 0.3) is 0 Å². The monoisotopic (exact) mass is 241 g/mol. The molecule has 2 aromatic rings. The number of aliphatic hydroxyl groups is 1. The van der Waals surface area contributed by atoms with Crippen molar-refractivity contribution in [3.63, 3.8) is 0 Å². The highest BCUT2D eigenvalue weighted by atomic mass is 16.6. The number of rotatable bonds is 4. The second-order valence-electron chi connectivity index (χ2n) is 4.29. The third kappa shape index (κ3) is 2.10. The van der Waals surface area contributed by atoms with Crippen molar-refractivity contribution in [2.75, 3.05) is 11.5 Å². The number of aliphatic hydroxyl groups excluding tert-OH is 1. The van der Waals surface area contributed by atoms with E-state index in [4.69, 9.17) is 9.84 Å². The molecule has 2 unspecified atom stereocenters. The third-order valence-electron chi connectivity index (χ3n) is 3.06. The van der Waals surface area contributed by atoms with E-state index in [0.29, 0.717) is 0 Å². The molecular formula is C15H15NO2. The Bertz CT molecular complexity index is 461. The van der Waals surface area contributed by atoms with Crippen LogP contribution in [0.1, 0.15) is 0 Å². The van der Waals surface area contributed by atoms with Crippen LogP contribution in [0.4, 0.5) is 11.4 Å². The Morgan fingerprint density at radius 2 is 1.39 bits per heavy atom. The van der Waals surface area contributed by atoms with E-state index < -0.39 is 0 Å². The number of epoxide rings is 1. The highest BCUT2D eigenvalue weighted by Gasteiger charge is 2.44. The fraction of sp³-hybridized carbons (Fsp3) is 0.200. The topological polar surface area (TPSA) is 36.0 Å². The van der Waals surface area contributed by atoms with Crippen molar-refractivity contribution in [3.05, 3.63) is 60.7 Å². The molecule has 0 saturated carbocycles. The van der Waals surface area contributed by atoms with E-state index in [-0.39, 0.29) is 18.9 Å². The zero-order valence-electron chi connectivity index (χ0n) is 9.94. The second-order valence-corrected chi connectivity index (χ2v) is 4.29. The van der Waals surface area contributed by atoms with E-state index in [1.807, 2.05) is 60.7 Å². The molecule has 3 rings (SSSR count). The molecule has 92 valence electrons. The lowest BCUT2D eigenvalue weighted by molar-refractivity contribution is 0.242. The van der Waals surface area contributed by atoms with Crippen molar-refractivity contribution in [2.24, 2.45) is 0 Å². The second kappa shape index (κ2) is 4.80. The fourth-order valence-corrected chi connectivity index (χ4v) is 2.11. The summed E-state index contributed by atoms with van der Waals surface area (Å²) in [7, 11) is 0. The minimum absolute atomic E-state index is 0.0564. The zero-order chi connectivity index (χ0) is 12.4. The maximum Gasteiger partial charge on any atom is 0.163 e. The molecule has 1 N–H and O–H groups in total. The molecule has 0 amide bonds. The summed E-state index contributed by atoms with van der Waals surface area (Å²) in [6.45, 7) is 0.0564. The molecule has 2 aromatic carbocycles.